The second-order valence-electron chi connectivity index (χ2n) is 6.02. The van der Waals surface area contributed by atoms with E-state index in [0.29, 0.717) is 11.3 Å². The standard InChI is InChI=1S/C20H20N2O6/c1-13(2)28-20(24)17(12-14-7-6-8-15(11-14)22(25)26)21-19(23)16-9-4-5-10-18(16)27-3/h4-13H,1-3H3,(H,21,23)/b17-12+. The number of hydrogen-bond acceptors (Lipinski definition) is 6. The number of esters is 1. The van der Waals surface area contributed by atoms with Crippen molar-refractivity contribution in [1.82, 2.24) is 5.32 Å². The molecule has 0 fully saturated rings. The molecule has 0 atom stereocenters. The van der Waals surface area contributed by atoms with Crippen molar-refractivity contribution in [3.05, 3.63) is 75.5 Å². The fraction of sp³-hybridized carbons (Fsp3) is 0.200. The zero-order valence-electron chi connectivity index (χ0n) is 15.7. The Kier molecular flexibility index (Phi) is 6.86. The summed E-state index contributed by atoms with van der Waals surface area (Å²) in [5, 5.41) is 13.5. The molecule has 1 N–H and O–H groups in total. The van der Waals surface area contributed by atoms with E-state index in [9.17, 15) is 19.7 Å². The normalized spacial score (nSPS) is 11.1. The van der Waals surface area contributed by atoms with Crippen molar-refractivity contribution in [2.45, 2.75) is 20.0 Å². The zero-order valence-corrected chi connectivity index (χ0v) is 15.7. The Hall–Kier alpha value is -3.68. The van der Waals surface area contributed by atoms with Crippen LogP contribution >= 0.6 is 0 Å². The van der Waals surface area contributed by atoms with Gasteiger partial charge in [0.2, 0.25) is 0 Å². The van der Waals surface area contributed by atoms with E-state index in [0.717, 1.165) is 0 Å². The summed E-state index contributed by atoms with van der Waals surface area (Å²) < 4.78 is 10.3. The van der Waals surface area contributed by atoms with Crippen LogP contribution in [0.3, 0.4) is 0 Å². The molecule has 2 aromatic rings. The van der Waals surface area contributed by atoms with Gasteiger partial charge in [-0.1, -0.05) is 24.3 Å². The van der Waals surface area contributed by atoms with E-state index in [1.165, 1.54) is 31.4 Å². The van der Waals surface area contributed by atoms with Crippen molar-refractivity contribution in [3.63, 3.8) is 0 Å². The lowest BCUT2D eigenvalue weighted by Gasteiger charge is -2.13. The van der Waals surface area contributed by atoms with Crippen LogP contribution in [0.5, 0.6) is 5.75 Å². The van der Waals surface area contributed by atoms with Crippen LogP contribution < -0.4 is 10.1 Å². The monoisotopic (exact) mass is 384 g/mol. The molecule has 0 bridgehead atoms. The van der Waals surface area contributed by atoms with Gasteiger partial charge >= 0.3 is 5.97 Å². The number of hydrogen-bond donors (Lipinski definition) is 1. The summed E-state index contributed by atoms with van der Waals surface area (Å²) in [5.74, 6) is -0.994. The molecule has 8 heteroatoms. The van der Waals surface area contributed by atoms with Crippen LogP contribution in [0.1, 0.15) is 29.8 Å². The minimum atomic E-state index is -0.759. The first-order chi connectivity index (χ1) is 13.3. The molecule has 2 aromatic carbocycles. The van der Waals surface area contributed by atoms with E-state index in [2.05, 4.69) is 5.32 Å². The van der Waals surface area contributed by atoms with Gasteiger partial charge in [0.15, 0.2) is 0 Å². The molecule has 0 radical (unpaired) electrons. The average Bonchev–Trinajstić information content (AvgIpc) is 2.67. The smallest absolute Gasteiger partial charge is 0.355 e. The predicted octanol–water partition coefficient (Wildman–Crippen LogP) is 3.33. The number of non-ortho nitro benzene ring substituents is 1. The van der Waals surface area contributed by atoms with Crippen LogP contribution in [0.2, 0.25) is 0 Å². The Morgan fingerprint density at radius 3 is 2.50 bits per heavy atom. The van der Waals surface area contributed by atoms with Crippen LogP contribution in [0, 0.1) is 10.1 Å². The Bertz CT molecular complexity index is 920. The minimum Gasteiger partial charge on any atom is -0.496 e. The second-order valence-corrected chi connectivity index (χ2v) is 6.02. The molecular formula is C20H20N2O6. The molecule has 1 amide bonds. The van der Waals surface area contributed by atoms with Gasteiger partial charge in [-0.3, -0.25) is 14.9 Å². The van der Waals surface area contributed by atoms with E-state index in [-0.39, 0.29) is 16.9 Å². The number of benzene rings is 2. The molecule has 8 nitrogen and oxygen atoms in total. The van der Waals surface area contributed by atoms with Gasteiger partial charge in [-0.15, -0.1) is 0 Å². The van der Waals surface area contributed by atoms with Crippen LogP contribution in [0.4, 0.5) is 5.69 Å². The number of nitro benzene ring substituents is 1. The summed E-state index contributed by atoms with van der Waals surface area (Å²) in [6, 6.07) is 12.2. The Morgan fingerprint density at radius 1 is 1.14 bits per heavy atom. The molecule has 0 aliphatic rings. The summed E-state index contributed by atoms with van der Waals surface area (Å²) >= 11 is 0. The van der Waals surface area contributed by atoms with Gasteiger partial charge in [0.05, 0.1) is 23.7 Å². The van der Waals surface area contributed by atoms with Crippen molar-refractivity contribution in [1.29, 1.82) is 0 Å². The highest BCUT2D eigenvalue weighted by Crippen LogP contribution is 2.19. The number of carbonyl (C=O) groups excluding carboxylic acids is 2. The number of para-hydroxylation sites is 1. The third kappa shape index (κ3) is 5.41. The van der Waals surface area contributed by atoms with Crippen LogP contribution in [0.15, 0.2) is 54.2 Å². The number of ether oxygens (including phenoxy) is 2. The molecule has 0 saturated carbocycles. The Labute approximate surface area is 161 Å². The van der Waals surface area contributed by atoms with E-state index in [1.54, 1.807) is 44.2 Å². The number of nitro groups is 1. The third-order valence-corrected chi connectivity index (χ3v) is 3.55. The number of amides is 1. The first-order valence-electron chi connectivity index (χ1n) is 8.43. The lowest BCUT2D eigenvalue weighted by atomic mass is 10.1. The summed E-state index contributed by atoms with van der Waals surface area (Å²) in [7, 11) is 1.43. The van der Waals surface area contributed by atoms with Gasteiger partial charge in [-0.2, -0.15) is 0 Å². The van der Waals surface area contributed by atoms with E-state index >= 15 is 0 Å². The van der Waals surface area contributed by atoms with Crippen LogP contribution in [-0.2, 0) is 9.53 Å². The van der Waals surface area contributed by atoms with E-state index in [1.807, 2.05) is 0 Å². The topological polar surface area (TPSA) is 108 Å². The molecule has 146 valence electrons. The van der Waals surface area contributed by atoms with Gasteiger partial charge in [-0.25, -0.2) is 4.79 Å². The Morgan fingerprint density at radius 2 is 1.86 bits per heavy atom. The first kappa shape index (κ1) is 20.6. The van der Waals surface area contributed by atoms with Gasteiger partial charge in [0, 0.05) is 12.1 Å². The average molecular weight is 384 g/mol. The maximum atomic E-state index is 12.6. The molecule has 2 rings (SSSR count). The van der Waals surface area contributed by atoms with Crippen LogP contribution in [-0.4, -0.2) is 30.0 Å². The molecule has 0 heterocycles. The minimum absolute atomic E-state index is 0.138. The molecule has 0 aliphatic heterocycles. The molecule has 0 saturated heterocycles. The lowest BCUT2D eigenvalue weighted by molar-refractivity contribution is -0.384. The highest BCUT2D eigenvalue weighted by Gasteiger charge is 2.19. The quantitative estimate of drug-likeness (QED) is 0.340. The van der Waals surface area contributed by atoms with Crippen molar-refractivity contribution in [2.75, 3.05) is 7.11 Å². The second kappa shape index (κ2) is 9.31. The molecular weight excluding hydrogens is 364 g/mol. The number of carbonyl (C=O) groups is 2. The summed E-state index contributed by atoms with van der Waals surface area (Å²) in [6.07, 6.45) is 0.912. The lowest BCUT2D eigenvalue weighted by Crippen LogP contribution is -2.30. The predicted molar refractivity (Wildman–Crippen MR) is 103 cm³/mol. The van der Waals surface area contributed by atoms with Gasteiger partial charge in [-0.05, 0) is 37.6 Å². The van der Waals surface area contributed by atoms with Crippen LogP contribution in [0.25, 0.3) is 6.08 Å². The Balaban J connectivity index is 2.39. The highest BCUT2D eigenvalue weighted by atomic mass is 16.6. The SMILES string of the molecule is COc1ccccc1C(=O)N/C(=C/c1cccc([N+](=O)[O-])c1)C(=O)OC(C)C. The van der Waals surface area contributed by atoms with Crippen molar-refractivity contribution < 1.29 is 24.0 Å². The summed E-state index contributed by atoms with van der Waals surface area (Å²) in [5.41, 5.74) is 0.309. The van der Waals surface area contributed by atoms with Crippen molar-refractivity contribution >= 4 is 23.6 Å². The molecule has 28 heavy (non-hydrogen) atoms. The molecule has 0 unspecified atom stereocenters. The highest BCUT2D eigenvalue weighted by molar-refractivity contribution is 6.04. The fourth-order valence-corrected chi connectivity index (χ4v) is 2.34. The first-order valence-corrected chi connectivity index (χ1v) is 8.43. The van der Waals surface area contributed by atoms with Crippen molar-refractivity contribution in [3.8, 4) is 5.75 Å². The number of nitrogens with one attached hydrogen (secondary N) is 1. The van der Waals surface area contributed by atoms with Gasteiger partial charge in [0.25, 0.3) is 11.6 Å². The maximum absolute atomic E-state index is 12.6. The van der Waals surface area contributed by atoms with Gasteiger partial charge < -0.3 is 14.8 Å². The fourth-order valence-electron chi connectivity index (χ4n) is 2.34. The summed E-state index contributed by atoms with van der Waals surface area (Å²) in [4.78, 5) is 35.5. The van der Waals surface area contributed by atoms with Gasteiger partial charge in [0.1, 0.15) is 11.4 Å². The largest absolute Gasteiger partial charge is 0.496 e. The maximum Gasteiger partial charge on any atom is 0.355 e. The number of rotatable bonds is 7. The van der Waals surface area contributed by atoms with Crippen molar-refractivity contribution in [2.24, 2.45) is 0 Å². The van der Waals surface area contributed by atoms with E-state index in [4.69, 9.17) is 9.47 Å². The molecule has 0 aliphatic carbocycles. The molecule has 0 spiro atoms. The summed E-state index contributed by atoms with van der Waals surface area (Å²) in [6.45, 7) is 3.34. The zero-order chi connectivity index (χ0) is 20.7. The third-order valence-electron chi connectivity index (χ3n) is 3.55. The number of nitrogens with zero attached hydrogens (tertiary/aromatic N) is 1. The molecule has 0 aromatic heterocycles. The van der Waals surface area contributed by atoms with E-state index < -0.39 is 22.9 Å². The number of methoxy groups -OCH3 is 1.